The van der Waals surface area contributed by atoms with Crippen molar-refractivity contribution >= 4 is 29.9 Å². The molecule has 3 rings (SSSR count). The van der Waals surface area contributed by atoms with Crippen LogP contribution in [0.25, 0.3) is 11.6 Å². The molecule has 0 spiro atoms. The summed E-state index contributed by atoms with van der Waals surface area (Å²) < 4.78 is 11.4. The molecule has 2 atom stereocenters. The molecule has 1 fully saturated rings. The second kappa shape index (κ2) is 11.7. The molecular formula is C21H35IN6O2. The van der Waals surface area contributed by atoms with Crippen molar-refractivity contribution in [3.63, 3.8) is 0 Å². The van der Waals surface area contributed by atoms with Gasteiger partial charge in [0.2, 0.25) is 5.82 Å². The van der Waals surface area contributed by atoms with Crippen LogP contribution in [0.2, 0.25) is 0 Å². The van der Waals surface area contributed by atoms with Crippen LogP contribution in [0, 0.1) is 5.41 Å². The predicted molar refractivity (Wildman–Crippen MR) is 129 cm³/mol. The Kier molecular flexibility index (Phi) is 9.60. The molecule has 8 nitrogen and oxygen atoms in total. The van der Waals surface area contributed by atoms with Crippen LogP contribution < -0.4 is 10.6 Å². The normalized spacial score (nSPS) is 20.3. The maximum Gasteiger partial charge on any atom is 0.216 e. The van der Waals surface area contributed by atoms with Crippen LogP contribution >= 0.6 is 24.0 Å². The summed E-state index contributed by atoms with van der Waals surface area (Å²) in [7, 11) is 0. The Bertz CT molecular complexity index is 774. The highest BCUT2D eigenvalue weighted by molar-refractivity contribution is 14.0. The standard InChI is InChI=1S/C21H34N6O2.HI/c1-5-7-12-29-17-14-16(21(17,3)4)24-20(22-6-2)23-11-10-18-25-19(27-26-18)15-9-8-13-28-15;/h8-9,13,16-17H,5-7,10-12,14H2,1-4H3,(H2,22,23,24)(H,25,26,27);1H. The molecule has 3 N–H and O–H groups in total. The van der Waals surface area contributed by atoms with Gasteiger partial charge in [-0.3, -0.25) is 10.1 Å². The van der Waals surface area contributed by atoms with Crippen molar-refractivity contribution in [3.8, 4) is 11.6 Å². The Hall–Kier alpha value is -1.62. The fraction of sp³-hybridized carbons (Fsp3) is 0.667. The van der Waals surface area contributed by atoms with Crippen LogP contribution in [0.5, 0.6) is 0 Å². The predicted octanol–water partition coefficient (Wildman–Crippen LogP) is 3.76. The zero-order chi connectivity index (χ0) is 20.7. The maximum absolute atomic E-state index is 6.05. The fourth-order valence-corrected chi connectivity index (χ4v) is 3.46. The lowest BCUT2D eigenvalue weighted by molar-refractivity contribution is -0.113. The first-order valence-corrected chi connectivity index (χ1v) is 10.7. The third kappa shape index (κ3) is 6.19. The van der Waals surface area contributed by atoms with E-state index in [1.807, 2.05) is 12.1 Å². The van der Waals surface area contributed by atoms with Gasteiger partial charge in [-0.15, -0.1) is 24.0 Å². The van der Waals surface area contributed by atoms with Crippen LogP contribution in [0.3, 0.4) is 0 Å². The molecular weight excluding hydrogens is 495 g/mol. The zero-order valence-electron chi connectivity index (χ0n) is 18.4. The molecule has 9 heteroatoms. The van der Waals surface area contributed by atoms with Crippen molar-refractivity contribution < 1.29 is 9.15 Å². The Morgan fingerprint density at radius 2 is 2.23 bits per heavy atom. The van der Waals surface area contributed by atoms with E-state index in [1.165, 1.54) is 6.42 Å². The molecule has 2 unspecified atom stereocenters. The van der Waals surface area contributed by atoms with Crippen LogP contribution in [0.4, 0.5) is 0 Å². The van der Waals surface area contributed by atoms with Crippen LogP contribution in [-0.2, 0) is 11.2 Å². The first-order valence-electron chi connectivity index (χ1n) is 10.7. The summed E-state index contributed by atoms with van der Waals surface area (Å²) in [6.07, 6.45) is 5.91. The minimum atomic E-state index is 0. The minimum Gasteiger partial charge on any atom is -0.461 e. The second-order valence-corrected chi connectivity index (χ2v) is 8.06. The molecule has 168 valence electrons. The summed E-state index contributed by atoms with van der Waals surface area (Å²) in [6, 6.07) is 4.02. The van der Waals surface area contributed by atoms with E-state index >= 15 is 0 Å². The number of hydrogen-bond acceptors (Lipinski definition) is 5. The molecule has 0 saturated heterocycles. The van der Waals surface area contributed by atoms with Crippen LogP contribution in [-0.4, -0.2) is 53.0 Å². The Morgan fingerprint density at radius 3 is 2.90 bits per heavy atom. The SMILES string of the molecule is CCCCOC1CC(NC(=NCCc2nc(-c3ccco3)n[nH]2)NCC)C1(C)C.I. The lowest BCUT2D eigenvalue weighted by Crippen LogP contribution is -2.63. The molecule has 1 aliphatic carbocycles. The van der Waals surface area contributed by atoms with Gasteiger partial charge in [-0.25, -0.2) is 4.98 Å². The zero-order valence-corrected chi connectivity index (χ0v) is 20.7. The highest BCUT2D eigenvalue weighted by Crippen LogP contribution is 2.42. The third-order valence-electron chi connectivity index (χ3n) is 5.54. The topological polar surface area (TPSA) is 100 Å². The summed E-state index contributed by atoms with van der Waals surface area (Å²) >= 11 is 0. The van der Waals surface area contributed by atoms with Gasteiger partial charge in [-0.05, 0) is 31.9 Å². The van der Waals surface area contributed by atoms with E-state index in [4.69, 9.17) is 14.1 Å². The van der Waals surface area contributed by atoms with Gasteiger partial charge in [0, 0.05) is 37.6 Å². The number of nitrogens with zero attached hydrogens (tertiary/aromatic N) is 3. The number of ether oxygens (including phenoxy) is 1. The summed E-state index contributed by atoms with van der Waals surface area (Å²) in [5.74, 6) is 2.87. The van der Waals surface area contributed by atoms with Gasteiger partial charge >= 0.3 is 0 Å². The molecule has 0 bridgehead atoms. The van der Waals surface area contributed by atoms with E-state index in [1.54, 1.807) is 6.26 Å². The van der Waals surface area contributed by atoms with E-state index in [-0.39, 0.29) is 29.4 Å². The maximum atomic E-state index is 6.05. The van der Waals surface area contributed by atoms with Gasteiger partial charge < -0.3 is 19.8 Å². The van der Waals surface area contributed by atoms with Crippen LogP contribution in [0.15, 0.2) is 27.8 Å². The summed E-state index contributed by atoms with van der Waals surface area (Å²) in [4.78, 5) is 9.18. The number of furan rings is 1. The fourth-order valence-electron chi connectivity index (χ4n) is 3.46. The first kappa shape index (κ1) is 24.6. The molecule has 0 amide bonds. The molecule has 2 heterocycles. The first-order chi connectivity index (χ1) is 14.0. The monoisotopic (exact) mass is 530 g/mol. The number of nitrogens with one attached hydrogen (secondary N) is 3. The number of halogens is 1. The lowest BCUT2D eigenvalue weighted by atomic mass is 9.64. The van der Waals surface area contributed by atoms with Gasteiger partial charge in [-0.2, -0.15) is 5.10 Å². The number of unbranched alkanes of at least 4 members (excludes halogenated alkanes) is 1. The molecule has 2 aromatic heterocycles. The minimum absolute atomic E-state index is 0. The second-order valence-electron chi connectivity index (χ2n) is 8.06. The Morgan fingerprint density at radius 1 is 1.40 bits per heavy atom. The quantitative estimate of drug-likeness (QED) is 0.187. The number of aliphatic imine (C=N–C) groups is 1. The van der Waals surface area contributed by atoms with E-state index in [0.717, 1.165) is 37.8 Å². The Labute approximate surface area is 196 Å². The molecule has 0 aromatic carbocycles. The molecule has 0 radical (unpaired) electrons. The Balaban J connectivity index is 0.00000320. The smallest absolute Gasteiger partial charge is 0.216 e. The van der Waals surface area contributed by atoms with E-state index in [2.05, 4.69) is 53.5 Å². The van der Waals surface area contributed by atoms with Gasteiger partial charge in [-0.1, -0.05) is 27.2 Å². The number of rotatable bonds is 10. The van der Waals surface area contributed by atoms with Crippen molar-refractivity contribution in [2.45, 2.75) is 65.5 Å². The van der Waals surface area contributed by atoms with Crippen LogP contribution in [0.1, 0.15) is 52.8 Å². The molecule has 1 saturated carbocycles. The molecule has 0 aliphatic heterocycles. The van der Waals surface area contributed by atoms with Crippen molar-refractivity contribution in [2.75, 3.05) is 19.7 Å². The molecule has 2 aromatic rings. The van der Waals surface area contributed by atoms with Crippen molar-refractivity contribution in [3.05, 3.63) is 24.2 Å². The van der Waals surface area contributed by atoms with E-state index in [0.29, 0.717) is 36.7 Å². The average Bonchev–Trinajstić information content (AvgIpc) is 3.38. The van der Waals surface area contributed by atoms with Gasteiger partial charge in [0.25, 0.3) is 0 Å². The average molecular weight is 530 g/mol. The highest BCUT2D eigenvalue weighted by atomic mass is 127. The number of aromatic amines is 1. The number of aromatic nitrogens is 3. The largest absolute Gasteiger partial charge is 0.461 e. The van der Waals surface area contributed by atoms with Crippen molar-refractivity contribution in [2.24, 2.45) is 10.4 Å². The van der Waals surface area contributed by atoms with Crippen molar-refractivity contribution in [1.82, 2.24) is 25.8 Å². The molecule has 1 aliphatic rings. The number of guanidine groups is 1. The lowest BCUT2D eigenvalue weighted by Gasteiger charge is -2.52. The van der Waals surface area contributed by atoms with Gasteiger partial charge in [0.15, 0.2) is 11.7 Å². The van der Waals surface area contributed by atoms with E-state index < -0.39 is 0 Å². The third-order valence-corrected chi connectivity index (χ3v) is 5.54. The summed E-state index contributed by atoms with van der Waals surface area (Å²) in [5.41, 5.74) is 0.0901. The van der Waals surface area contributed by atoms with Gasteiger partial charge in [0.1, 0.15) is 5.82 Å². The number of hydrogen-bond donors (Lipinski definition) is 3. The molecule has 30 heavy (non-hydrogen) atoms. The van der Waals surface area contributed by atoms with Crippen molar-refractivity contribution in [1.29, 1.82) is 0 Å². The van der Waals surface area contributed by atoms with E-state index in [9.17, 15) is 0 Å². The highest BCUT2D eigenvalue weighted by Gasteiger charge is 2.49. The number of H-pyrrole nitrogens is 1. The van der Waals surface area contributed by atoms with Gasteiger partial charge in [0.05, 0.1) is 12.4 Å². The summed E-state index contributed by atoms with van der Waals surface area (Å²) in [6.45, 7) is 11.1. The summed E-state index contributed by atoms with van der Waals surface area (Å²) in [5, 5.41) is 14.1.